The molecule has 1 rings (SSSR count). The maximum atomic E-state index is 10.8. The lowest BCUT2D eigenvalue weighted by molar-refractivity contribution is -0.117. The van der Waals surface area contributed by atoms with Crippen LogP contribution in [0.15, 0.2) is 0 Å². The first-order chi connectivity index (χ1) is 6.72. The summed E-state index contributed by atoms with van der Waals surface area (Å²) < 4.78 is 5.07. The van der Waals surface area contributed by atoms with Gasteiger partial charge in [0.25, 0.3) is 0 Å². The van der Waals surface area contributed by atoms with Gasteiger partial charge >= 0.3 is 0 Å². The number of rotatable bonds is 5. The fourth-order valence-corrected chi connectivity index (χ4v) is 1.64. The van der Waals surface area contributed by atoms with Crippen LogP contribution in [0, 0.1) is 0 Å². The Bertz CT molecular complexity index is 177. The van der Waals surface area contributed by atoms with Gasteiger partial charge < -0.3 is 9.64 Å². The van der Waals surface area contributed by atoms with Gasteiger partial charge in [-0.3, -0.25) is 9.69 Å². The molecule has 1 saturated heterocycles. The number of ketones is 1. The normalized spacial score (nSPS) is 19.9. The van der Waals surface area contributed by atoms with E-state index in [4.69, 9.17) is 4.74 Å². The van der Waals surface area contributed by atoms with E-state index in [1.165, 1.54) is 0 Å². The van der Waals surface area contributed by atoms with Gasteiger partial charge in [-0.1, -0.05) is 0 Å². The molecule has 14 heavy (non-hydrogen) atoms. The lowest BCUT2D eigenvalue weighted by atomic mass is 10.2. The lowest BCUT2D eigenvalue weighted by Gasteiger charge is -2.33. The number of methoxy groups -OCH3 is 1. The van der Waals surface area contributed by atoms with Crippen LogP contribution in [-0.2, 0) is 9.53 Å². The third-order valence-corrected chi connectivity index (χ3v) is 2.56. The lowest BCUT2D eigenvalue weighted by Crippen LogP contribution is -2.47. The number of carbonyl (C=O) groups is 1. The number of Topliss-reactive ketones (excluding diaryl/α,β-unsaturated/α-hetero) is 1. The molecule has 0 saturated carbocycles. The number of hydrogen-bond donors (Lipinski definition) is 0. The van der Waals surface area contributed by atoms with Crippen LogP contribution in [0.1, 0.15) is 13.3 Å². The first-order valence-corrected chi connectivity index (χ1v) is 5.15. The zero-order valence-electron chi connectivity index (χ0n) is 9.16. The SMILES string of the molecule is COCN1CCN(CCC(C)=O)CC1. The van der Waals surface area contributed by atoms with Gasteiger partial charge in [-0.15, -0.1) is 0 Å². The molecule has 0 unspecified atom stereocenters. The summed E-state index contributed by atoms with van der Waals surface area (Å²) in [5, 5.41) is 0. The summed E-state index contributed by atoms with van der Waals surface area (Å²) in [7, 11) is 1.72. The van der Waals surface area contributed by atoms with Crippen molar-refractivity contribution >= 4 is 5.78 Å². The van der Waals surface area contributed by atoms with Crippen molar-refractivity contribution in [2.75, 3.05) is 46.6 Å². The van der Waals surface area contributed by atoms with Crippen LogP contribution in [0.5, 0.6) is 0 Å². The molecule has 1 fully saturated rings. The number of carbonyl (C=O) groups excluding carboxylic acids is 1. The van der Waals surface area contributed by atoms with Gasteiger partial charge in [0.05, 0.1) is 6.73 Å². The monoisotopic (exact) mass is 200 g/mol. The Hall–Kier alpha value is -0.450. The molecule has 0 spiro atoms. The van der Waals surface area contributed by atoms with Crippen LogP contribution in [-0.4, -0.2) is 62.1 Å². The minimum atomic E-state index is 0.282. The fourth-order valence-electron chi connectivity index (χ4n) is 1.64. The Morgan fingerprint density at radius 2 is 1.79 bits per heavy atom. The molecule has 0 N–H and O–H groups in total. The summed E-state index contributed by atoms with van der Waals surface area (Å²) in [6.07, 6.45) is 0.685. The minimum Gasteiger partial charge on any atom is -0.369 e. The highest BCUT2D eigenvalue weighted by Gasteiger charge is 2.15. The van der Waals surface area contributed by atoms with E-state index in [0.29, 0.717) is 6.42 Å². The Kier molecular flexibility index (Phi) is 5.07. The third kappa shape index (κ3) is 4.17. The molecular weight excluding hydrogens is 180 g/mol. The first kappa shape index (κ1) is 11.6. The van der Waals surface area contributed by atoms with Crippen molar-refractivity contribution < 1.29 is 9.53 Å². The summed E-state index contributed by atoms with van der Waals surface area (Å²) in [4.78, 5) is 15.4. The highest BCUT2D eigenvalue weighted by Crippen LogP contribution is 2.02. The fraction of sp³-hybridized carbons (Fsp3) is 0.900. The zero-order chi connectivity index (χ0) is 10.4. The molecule has 0 aromatic carbocycles. The number of hydrogen-bond acceptors (Lipinski definition) is 4. The molecular formula is C10H20N2O2. The number of nitrogens with zero attached hydrogens (tertiary/aromatic N) is 2. The molecule has 82 valence electrons. The topological polar surface area (TPSA) is 32.8 Å². The van der Waals surface area contributed by atoms with Crippen LogP contribution >= 0.6 is 0 Å². The highest BCUT2D eigenvalue weighted by atomic mass is 16.5. The second-order valence-electron chi connectivity index (χ2n) is 3.83. The smallest absolute Gasteiger partial charge is 0.131 e. The van der Waals surface area contributed by atoms with E-state index in [-0.39, 0.29) is 5.78 Å². The molecule has 1 heterocycles. The molecule has 0 bridgehead atoms. The van der Waals surface area contributed by atoms with E-state index in [9.17, 15) is 4.79 Å². The average molecular weight is 200 g/mol. The third-order valence-electron chi connectivity index (χ3n) is 2.56. The highest BCUT2D eigenvalue weighted by molar-refractivity contribution is 5.75. The van der Waals surface area contributed by atoms with Gasteiger partial charge in [-0.2, -0.15) is 0 Å². The summed E-state index contributed by atoms with van der Waals surface area (Å²) in [5.74, 6) is 0.282. The summed E-state index contributed by atoms with van der Waals surface area (Å²) in [6.45, 7) is 7.49. The predicted molar refractivity (Wildman–Crippen MR) is 55.2 cm³/mol. The standard InChI is InChI=1S/C10H20N2O2/c1-10(13)3-4-11-5-7-12(8-6-11)9-14-2/h3-9H2,1-2H3. The van der Waals surface area contributed by atoms with E-state index in [2.05, 4.69) is 9.80 Å². The van der Waals surface area contributed by atoms with Gasteiger partial charge in [0.1, 0.15) is 5.78 Å². The van der Waals surface area contributed by atoms with Crippen molar-refractivity contribution in [3.05, 3.63) is 0 Å². The second-order valence-corrected chi connectivity index (χ2v) is 3.83. The Morgan fingerprint density at radius 1 is 1.21 bits per heavy atom. The van der Waals surface area contributed by atoms with Gasteiger partial charge in [0.15, 0.2) is 0 Å². The zero-order valence-corrected chi connectivity index (χ0v) is 9.16. The van der Waals surface area contributed by atoms with Crippen LogP contribution in [0.2, 0.25) is 0 Å². The maximum Gasteiger partial charge on any atom is 0.131 e. The Morgan fingerprint density at radius 3 is 2.29 bits per heavy atom. The van der Waals surface area contributed by atoms with E-state index in [1.54, 1.807) is 14.0 Å². The van der Waals surface area contributed by atoms with Crippen molar-refractivity contribution in [3.8, 4) is 0 Å². The van der Waals surface area contributed by atoms with Crippen molar-refractivity contribution in [2.45, 2.75) is 13.3 Å². The molecule has 0 amide bonds. The molecule has 1 aliphatic rings. The summed E-state index contributed by atoms with van der Waals surface area (Å²) in [5.41, 5.74) is 0. The van der Waals surface area contributed by atoms with Crippen molar-refractivity contribution in [1.29, 1.82) is 0 Å². The van der Waals surface area contributed by atoms with E-state index in [1.807, 2.05) is 0 Å². The quantitative estimate of drug-likeness (QED) is 0.634. The van der Waals surface area contributed by atoms with Crippen LogP contribution in [0.25, 0.3) is 0 Å². The number of ether oxygens (including phenoxy) is 1. The molecule has 0 aliphatic carbocycles. The molecule has 1 aliphatic heterocycles. The van der Waals surface area contributed by atoms with Gasteiger partial charge in [0, 0.05) is 46.3 Å². The maximum absolute atomic E-state index is 10.8. The van der Waals surface area contributed by atoms with Crippen molar-refractivity contribution in [1.82, 2.24) is 9.80 Å². The minimum absolute atomic E-state index is 0.282. The van der Waals surface area contributed by atoms with Gasteiger partial charge in [-0.25, -0.2) is 0 Å². The summed E-state index contributed by atoms with van der Waals surface area (Å²) >= 11 is 0. The number of piperazine rings is 1. The molecule has 0 aromatic heterocycles. The van der Waals surface area contributed by atoms with Crippen LogP contribution < -0.4 is 0 Å². The van der Waals surface area contributed by atoms with Crippen LogP contribution in [0.3, 0.4) is 0 Å². The van der Waals surface area contributed by atoms with E-state index in [0.717, 1.165) is 39.5 Å². The van der Waals surface area contributed by atoms with E-state index < -0.39 is 0 Å². The second kappa shape index (κ2) is 6.11. The predicted octanol–water partition coefficient (Wildman–Crippen LogP) is 0.187. The van der Waals surface area contributed by atoms with Gasteiger partial charge in [0.2, 0.25) is 0 Å². The van der Waals surface area contributed by atoms with Crippen LogP contribution in [0.4, 0.5) is 0 Å². The molecule has 0 aromatic rings. The van der Waals surface area contributed by atoms with Crippen molar-refractivity contribution in [2.24, 2.45) is 0 Å². The summed E-state index contributed by atoms with van der Waals surface area (Å²) in [6, 6.07) is 0. The largest absolute Gasteiger partial charge is 0.369 e. The molecule has 0 radical (unpaired) electrons. The molecule has 4 nitrogen and oxygen atoms in total. The van der Waals surface area contributed by atoms with Gasteiger partial charge in [-0.05, 0) is 6.92 Å². The van der Waals surface area contributed by atoms with Crippen molar-refractivity contribution in [3.63, 3.8) is 0 Å². The Balaban J connectivity index is 2.12. The average Bonchev–Trinajstić information content (AvgIpc) is 2.17. The van der Waals surface area contributed by atoms with E-state index >= 15 is 0 Å². The Labute approximate surface area is 85.8 Å². The molecule has 4 heteroatoms. The molecule has 0 atom stereocenters. The first-order valence-electron chi connectivity index (χ1n) is 5.15.